The van der Waals surface area contributed by atoms with Crippen molar-refractivity contribution in [3.05, 3.63) is 28.7 Å². The molecule has 0 heterocycles. The molecule has 1 rings (SSSR count). The van der Waals surface area contributed by atoms with E-state index in [9.17, 15) is 10.0 Å². The van der Waals surface area contributed by atoms with Crippen molar-refractivity contribution in [1.29, 1.82) is 0 Å². The molecule has 0 spiro atoms. The monoisotopic (exact) mass is 193 g/mol. The van der Waals surface area contributed by atoms with Crippen molar-refractivity contribution in [1.82, 2.24) is 0 Å². The van der Waals surface area contributed by atoms with Crippen molar-refractivity contribution in [3.63, 3.8) is 0 Å². The number of hydrogen-bond donors (Lipinski definition) is 1. The molecule has 1 N–H and O–H groups in total. The van der Waals surface area contributed by atoms with E-state index < -0.39 is 0 Å². The molecule has 14 heavy (non-hydrogen) atoms. The molecule has 0 aliphatic carbocycles. The summed E-state index contributed by atoms with van der Waals surface area (Å²) in [7, 11) is 0. The molecule has 0 aliphatic rings. The van der Waals surface area contributed by atoms with Crippen LogP contribution in [0.5, 0.6) is 5.75 Å². The molecule has 0 saturated carbocycles. The fourth-order valence-corrected chi connectivity index (χ4v) is 1.38. The molecule has 0 radical (unpaired) electrons. The van der Waals surface area contributed by atoms with Crippen molar-refractivity contribution in [2.75, 3.05) is 0 Å². The first-order valence-electron chi connectivity index (χ1n) is 4.93. The third-order valence-corrected chi connectivity index (χ3v) is 2.21. The first-order chi connectivity index (χ1) is 6.77. The summed E-state index contributed by atoms with van der Waals surface area (Å²) < 4.78 is 0. The lowest BCUT2D eigenvalue weighted by molar-refractivity contribution is 0.476. The number of benzene rings is 1. The molecule has 0 atom stereocenters. The minimum absolute atomic E-state index is 0.0424. The van der Waals surface area contributed by atoms with Gasteiger partial charge in [0.2, 0.25) is 0 Å². The van der Waals surface area contributed by atoms with Gasteiger partial charge in [-0.1, -0.05) is 25.8 Å². The summed E-state index contributed by atoms with van der Waals surface area (Å²) in [6.45, 7) is 2.15. The molecule has 0 bridgehead atoms. The van der Waals surface area contributed by atoms with Crippen LogP contribution >= 0.6 is 0 Å². The molecule has 0 unspecified atom stereocenters. The zero-order valence-electron chi connectivity index (χ0n) is 8.36. The van der Waals surface area contributed by atoms with Gasteiger partial charge in [-0.15, -0.1) is 4.91 Å². The first kappa shape index (κ1) is 10.7. The highest BCUT2D eigenvalue weighted by Gasteiger charge is 2.02. The van der Waals surface area contributed by atoms with Crippen LogP contribution in [0.2, 0.25) is 0 Å². The first-order valence-corrected chi connectivity index (χ1v) is 4.93. The van der Waals surface area contributed by atoms with Crippen LogP contribution in [-0.2, 0) is 6.42 Å². The van der Waals surface area contributed by atoms with Crippen LogP contribution in [0.1, 0.15) is 31.7 Å². The maximum absolute atomic E-state index is 10.3. The number of aryl methyl sites for hydroxylation is 1. The van der Waals surface area contributed by atoms with E-state index in [2.05, 4.69) is 12.1 Å². The standard InChI is InChI=1S/C11H15NO2/c1-2-3-4-5-9-6-7-11(13)10(8-9)12-14/h6-8,13H,2-5H2,1H3. The number of nitrogens with zero attached hydrogens (tertiary/aromatic N) is 1. The minimum atomic E-state index is -0.0424. The second-order valence-electron chi connectivity index (χ2n) is 3.37. The number of phenols is 1. The van der Waals surface area contributed by atoms with E-state index in [-0.39, 0.29) is 11.4 Å². The molecule has 0 aromatic heterocycles. The van der Waals surface area contributed by atoms with E-state index in [1.807, 2.05) is 6.07 Å². The zero-order chi connectivity index (χ0) is 10.4. The van der Waals surface area contributed by atoms with Crippen molar-refractivity contribution in [3.8, 4) is 5.75 Å². The number of rotatable bonds is 5. The molecule has 0 amide bonds. The Morgan fingerprint density at radius 3 is 2.79 bits per heavy atom. The highest BCUT2D eigenvalue weighted by molar-refractivity contribution is 5.52. The zero-order valence-corrected chi connectivity index (χ0v) is 8.36. The van der Waals surface area contributed by atoms with Gasteiger partial charge >= 0.3 is 0 Å². The van der Waals surface area contributed by atoms with E-state index in [0.29, 0.717) is 0 Å². The Morgan fingerprint density at radius 2 is 2.14 bits per heavy atom. The van der Waals surface area contributed by atoms with Crippen molar-refractivity contribution >= 4 is 5.69 Å². The Labute approximate surface area is 83.7 Å². The normalized spacial score (nSPS) is 10.1. The molecule has 1 aromatic rings. The Morgan fingerprint density at radius 1 is 1.36 bits per heavy atom. The molecule has 76 valence electrons. The van der Waals surface area contributed by atoms with Crippen LogP contribution in [0, 0.1) is 4.91 Å². The van der Waals surface area contributed by atoms with E-state index in [0.717, 1.165) is 18.4 Å². The molecule has 3 nitrogen and oxygen atoms in total. The lowest BCUT2D eigenvalue weighted by atomic mass is 10.1. The topological polar surface area (TPSA) is 49.7 Å². The number of nitroso groups, excluding NO2 is 1. The van der Waals surface area contributed by atoms with Gasteiger partial charge in [-0.05, 0) is 35.7 Å². The number of unbranched alkanes of at least 4 members (excludes halogenated alkanes) is 2. The van der Waals surface area contributed by atoms with Crippen molar-refractivity contribution in [2.24, 2.45) is 5.18 Å². The molecule has 1 aromatic carbocycles. The molecular weight excluding hydrogens is 178 g/mol. The van der Waals surface area contributed by atoms with Gasteiger partial charge in [-0.3, -0.25) is 0 Å². The predicted molar refractivity (Wildman–Crippen MR) is 56.8 cm³/mol. The van der Waals surface area contributed by atoms with Gasteiger partial charge in [0, 0.05) is 0 Å². The Hall–Kier alpha value is -1.38. The van der Waals surface area contributed by atoms with Gasteiger partial charge in [0.1, 0.15) is 11.4 Å². The highest BCUT2D eigenvalue weighted by Crippen LogP contribution is 2.27. The predicted octanol–water partition coefficient (Wildman–Crippen LogP) is 3.52. The molecule has 0 fully saturated rings. The highest BCUT2D eigenvalue weighted by atomic mass is 16.3. The van der Waals surface area contributed by atoms with Crippen molar-refractivity contribution in [2.45, 2.75) is 32.6 Å². The Bertz CT molecular complexity index is 310. The molecular formula is C11H15NO2. The van der Waals surface area contributed by atoms with Crippen LogP contribution in [0.25, 0.3) is 0 Å². The van der Waals surface area contributed by atoms with Crippen LogP contribution in [-0.4, -0.2) is 5.11 Å². The fraction of sp³-hybridized carbons (Fsp3) is 0.455. The lowest BCUT2D eigenvalue weighted by Gasteiger charge is -2.02. The summed E-state index contributed by atoms with van der Waals surface area (Å²) in [4.78, 5) is 10.3. The second kappa shape index (κ2) is 5.37. The summed E-state index contributed by atoms with van der Waals surface area (Å²) in [5, 5.41) is 12.0. The molecule has 0 saturated heterocycles. The van der Waals surface area contributed by atoms with Gasteiger partial charge in [-0.2, -0.15) is 0 Å². The third kappa shape index (κ3) is 2.83. The fourth-order valence-electron chi connectivity index (χ4n) is 1.38. The summed E-state index contributed by atoms with van der Waals surface area (Å²) >= 11 is 0. The number of hydrogen-bond acceptors (Lipinski definition) is 3. The maximum Gasteiger partial charge on any atom is 0.149 e. The quantitative estimate of drug-likeness (QED) is 0.574. The van der Waals surface area contributed by atoms with Gasteiger partial charge in [0.05, 0.1) is 0 Å². The van der Waals surface area contributed by atoms with E-state index >= 15 is 0 Å². The van der Waals surface area contributed by atoms with Gasteiger partial charge in [0.25, 0.3) is 0 Å². The smallest absolute Gasteiger partial charge is 0.149 e. The second-order valence-corrected chi connectivity index (χ2v) is 3.37. The van der Waals surface area contributed by atoms with E-state index in [1.54, 1.807) is 6.07 Å². The van der Waals surface area contributed by atoms with Gasteiger partial charge < -0.3 is 5.11 Å². The van der Waals surface area contributed by atoms with E-state index in [4.69, 9.17) is 0 Å². The Kier molecular flexibility index (Phi) is 4.11. The van der Waals surface area contributed by atoms with E-state index in [1.165, 1.54) is 18.9 Å². The summed E-state index contributed by atoms with van der Waals surface area (Å²) in [5.41, 5.74) is 1.20. The lowest BCUT2D eigenvalue weighted by Crippen LogP contribution is -1.84. The summed E-state index contributed by atoms with van der Waals surface area (Å²) in [6.07, 6.45) is 4.41. The van der Waals surface area contributed by atoms with Gasteiger partial charge in [0.15, 0.2) is 0 Å². The molecule has 0 aliphatic heterocycles. The number of phenolic OH excluding ortho intramolecular Hbond substituents is 1. The van der Waals surface area contributed by atoms with Crippen LogP contribution < -0.4 is 0 Å². The molecule has 3 heteroatoms. The van der Waals surface area contributed by atoms with Crippen LogP contribution in [0.3, 0.4) is 0 Å². The summed E-state index contributed by atoms with van der Waals surface area (Å²) in [5.74, 6) is -0.0424. The summed E-state index contributed by atoms with van der Waals surface area (Å²) in [6, 6.07) is 5.01. The number of aromatic hydroxyl groups is 1. The largest absolute Gasteiger partial charge is 0.506 e. The average Bonchev–Trinajstić information content (AvgIpc) is 2.21. The SMILES string of the molecule is CCCCCc1ccc(O)c(N=O)c1. The Balaban J connectivity index is 2.64. The van der Waals surface area contributed by atoms with Crippen LogP contribution in [0.15, 0.2) is 23.4 Å². The van der Waals surface area contributed by atoms with Gasteiger partial charge in [-0.25, -0.2) is 0 Å². The third-order valence-electron chi connectivity index (χ3n) is 2.21. The minimum Gasteiger partial charge on any atom is -0.506 e. The van der Waals surface area contributed by atoms with Crippen molar-refractivity contribution < 1.29 is 5.11 Å². The maximum atomic E-state index is 10.3. The average molecular weight is 193 g/mol. The van der Waals surface area contributed by atoms with Crippen LogP contribution in [0.4, 0.5) is 5.69 Å².